The molecular weight excluding hydrogens is 304 g/mol. The van der Waals surface area contributed by atoms with E-state index in [9.17, 15) is 4.79 Å². The molecule has 0 spiro atoms. The molecule has 1 amide bonds. The molecule has 3 nitrogen and oxygen atoms in total. The van der Waals surface area contributed by atoms with Gasteiger partial charge in [-0.3, -0.25) is 4.79 Å². The van der Waals surface area contributed by atoms with Crippen molar-refractivity contribution in [3.8, 4) is 0 Å². The number of rotatable bonds is 5. The maximum Gasteiger partial charge on any atom is 0.251 e. The topological polar surface area (TPSA) is 55.1 Å². The van der Waals surface area contributed by atoms with Gasteiger partial charge in [-0.15, -0.1) is 11.8 Å². The summed E-state index contributed by atoms with van der Waals surface area (Å²) in [6.45, 7) is 2.49. The zero-order valence-electron chi connectivity index (χ0n) is 11.7. The Kier molecular flexibility index (Phi) is 5.53. The van der Waals surface area contributed by atoms with E-state index in [1.807, 2.05) is 37.3 Å². The number of nitrogens with one attached hydrogen (secondary N) is 1. The van der Waals surface area contributed by atoms with Crippen LogP contribution in [0.4, 0.5) is 5.69 Å². The molecule has 0 aliphatic heterocycles. The molecule has 0 atom stereocenters. The Labute approximate surface area is 133 Å². The molecule has 0 aliphatic carbocycles. The summed E-state index contributed by atoms with van der Waals surface area (Å²) in [4.78, 5) is 12.7. The molecule has 0 aliphatic rings. The fourth-order valence-corrected chi connectivity index (χ4v) is 2.86. The van der Waals surface area contributed by atoms with Crippen molar-refractivity contribution in [2.24, 2.45) is 0 Å². The van der Waals surface area contributed by atoms with Crippen LogP contribution in [0.1, 0.15) is 22.8 Å². The van der Waals surface area contributed by atoms with Crippen molar-refractivity contribution >= 4 is 35.0 Å². The summed E-state index contributed by atoms with van der Waals surface area (Å²) in [6, 6.07) is 13.1. The number of carbonyl (C=O) groups is 1. The normalized spacial score (nSPS) is 10.4. The molecule has 0 aromatic heterocycles. The first-order valence-corrected chi connectivity index (χ1v) is 8.01. The van der Waals surface area contributed by atoms with E-state index in [1.165, 1.54) is 5.56 Å². The van der Waals surface area contributed by atoms with Gasteiger partial charge in [-0.25, -0.2) is 0 Å². The molecule has 3 N–H and O–H groups in total. The molecule has 0 radical (unpaired) electrons. The molecule has 2 rings (SSSR count). The quantitative estimate of drug-likeness (QED) is 0.647. The molecule has 21 heavy (non-hydrogen) atoms. The van der Waals surface area contributed by atoms with Gasteiger partial charge in [-0.05, 0) is 42.8 Å². The number of hydrogen-bond acceptors (Lipinski definition) is 3. The lowest BCUT2D eigenvalue weighted by molar-refractivity contribution is 0.0956. The third-order valence-corrected chi connectivity index (χ3v) is 4.33. The van der Waals surface area contributed by atoms with Crippen molar-refractivity contribution in [2.45, 2.75) is 17.6 Å². The molecule has 2 aromatic rings. The Balaban J connectivity index is 2.04. The average molecular weight is 321 g/mol. The van der Waals surface area contributed by atoms with Gasteiger partial charge in [0.15, 0.2) is 0 Å². The van der Waals surface area contributed by atoms with E-state index < -0.39 is 0 Å². The fourth-order valence-electron chi connectivity index (χ4n) is 1.83. The highest BCUT2D eigenvalue weighted by molar-refractivity contribution is 7.98. The van der Waals surface area contributed by atoms with E-state index in [0.29, 0.717) is 17.8 Å². The number of nitrogen functional groups attached to an aromatic ring is 1. The van der Waals surface area contributed by atoms with Crippen molar-refractivity contribution in [1.29, 1.82) is 0 Å². The first-order valence-electron chi connectivity index (χ1n) is 6.65. The van der Waals surface area contributed by atoms with E-state index in [0.717, 1.165) is 15.7 Å². The van der Waals surface area contributed by atoms with Gasteiger partial charge in [0.2, 0.25) is 0 Å². The molecular formula is C16H17ClN2OS. The number of amides is 1. The van der Waals surface area contributed by atoms with Crippen LogP contribution in [0.25, 0.3) is 0 Å². The standard InChI is InChI=1S/C16H17ClN2OS/c1-2-19-16(20)12-5-8-15(14(18)9-12)21-10-11-3-6-13(17)7-4-11/h3-9H,2,10,18H2,1H3,(H,19,20). The molecule has 0 unspecified atom stereocenters. The second-order valence-electron chi connectivity index (χ2n) is 4.53. The zero-order valence-corrected chi connectivity index (χ0v) is 13.3. The second kappa shape index (κ2) is 7.38. The van der Waals surface area contributed by atoms with Gasteiger partial charge in [0.05, 0.1) is 0 Å². The lowest BCUT2D eigenvalue weighted by Crippen LogP contribution is -2.22. The number of carbonyl (C=O) groups excluding carboxylic acids is 1. The number of hydrogen-bond donors (Lipinski definition) is 2. The van der Waals surface area contributed by atoms with E-state index in [-0.39, 0.29) is 5.91 Å². The van der Waals surface area contributed by atoms with Crippen LogP contribution in [0.15, 0.2) is 47.4 Å². The van der Waals surface area contributed by atoms with Gasteiger partial charge < -0.3 is 11.1 Å². The Morgan fingerprint density at radius 2 is 1.95 bits per heavy atom. The lowest BCUT2D eigenvalue weighted by Gasteiger charge is -2.08. The van der Waals surface area contributed by atoms with Crippen LogP contribution in [0, 0.1) is 0 Å². The van der Waals surface area contributed by atoms with Gasteiger partial charge in [0.1, 0.15) is 0 Å². The second-order valence-corrected chi connectivity index (χ2v) is 5.98. The Morgan fingerprint density at radius 3 is 2.57 bits per heavy atom. The summed E-state index contributed by atoms with van der Waals surface area (Å²) < 4.78 is 0. The van der Waals surface area contributed by atoms with E-state index in [2.05, 4.69) is 5.32 Å². The van der Waals surface area contributed by atoms with Crippen molar-refractivity contribution in [3.05, 3.63) is 58.6 Å². The summed E-state index contributed by atoms with van der Waals surface area (Å²) in [5.41, 5.74) is 8.41. The first-order chi connectivity index (χ1) is 10.1. The molecule has 0 saturated carbocycles. The SMILES string of the molecule is CCNC(=O)c1ccc(SCc2ccc(Cl)cc2)c(N)c1. The smallest absolute Gasteiger partial charge is 0.251 e. The molecule has 0 bridgehead atoms. The van der Waals surface area contributed by atoms with Crippen LogP contribution < -0.4 is 11.1 Å². The number of thioether (sulfide) groups is 1. The van der Waals surface area contributed by atoms with E-state index in [1.54, 1.807) is 23.9 Å². The van der Waals surface area contributed by atoms with Crippen LogP contribution in [0.3, 0.4) is 0 Å². The van der Waals surface area contributed by atoms with Crippen LogP contribution >= 0.6 is 23.4 Å². The summed E-state index contributed by atoms with van der Waals surface area (Å²) in [5.74, 6) is 0.709. The largest absolute Gasteiger partial charge is 0.398 e. The van der Waals surface area contributed by atoms with Crippen LogP contribution in [-0.4, -0.2) is 12.5 Å². The van der Waals surface area contributed by atoms with Crippen LogP contribution in [-0.2, 0) is 5.75 Å². The monoisotopic (exact) mass is 320 g/mol. The summed E-state index contributed by atoms with van der Waals surface area (Å²) in [5, 5.41) is 3.49. The Hall–Kier alpha value is -1.65. The summed E-state index contributed by atoms with van der Waals surface area (Å²) in [7, 11) is 0. The van der Waals surface area contributed by atoms with Gasteiger partial charge in [0.25, 0.3) is 5.91 Å². The Morgan fingerprint density at radius 1 is 1.24 bits per heavy atom. The maximum absolute atomic E-state index is 11.7. The van der Waals surface area contributed by atoms with E-state index in [4.69, 9.17) is 17.3 Å². The highest BCUT2D eigenvalue weighted by Crippen LogP contribution is 2.29. The van der Waals surface area contributed by atoms with Gasteiger partial charge in [-0.2, -0.15) is 0 Å². The highest BCUT2D eigenvalue weighted by atomic mass is 35.5. The molecule has 0 heterocycles. The first kappa shape index (κ1) is 15.7. The molecule has 2 aromatic carbocycles. The third-order valence-electron chi connectivity index (χ3n) is 2.92. The summed E-state index contributed by atoms with van der Waals surface area (Å²) >= 11 is 7.50. The maximum atomic E-state index is 11.7. The molecule has 0 saturated heterocycles. The minimum absolute atomic E-state index is 0.0987. The summed E-state index contributed by atoms with van der Waals surface area (Å²) in [6.07, 6.45) is 0. The van der Waals surface area contributed by atoms with Gasteiger partial charge >= 0.3 is 0 Å². The van der Waals surface area contributed by atoms with Crippen molar-refractivity contribution in [2.75, 3.05) is 12.3 Å². The lowest BCUT2D eigenvalue weighted by atomic mass is 10.2. The predicted octanol–water partition coefficient (Wildman–Crippen LogP) is 3.96. The molecule has 5 heteroatoms. The predicted molar refractivity (Wildman–Crippen MR) is 89.9 cm³/mol. The van der Waals surface area contributed by atoms with Gasteiger partial charge in [-0.1, -0.05) is 23.7 Å². The number of anilines is 1. The number of halogens is 1. The minimum atomic E-state index is -0.0987. The number of nitrogens with two attached hydrogens (primary N) is 1. The molecule has 110 valence electrons. The van der Waals surface area contributed by atoms with Crippen molar-refractivity contribution in [3.63, 3.8) is 0 Å². The van der Waals surface area contributed by atoms with Crippen LogP contribution in [0.5, 0.6) is 0 Å². The van der Waals surface area contributed by atoms with Crippen molar-refractivity contribution < 1.29 is 4.79 Å². The number of benzene rings is 2. The minimum Gasteiger partial charge on any atom is -0.398 e. The average Bonchev–Trinajstić information content (AvgIpc) is 2.48. The Bertz CT molecular complexity index is 629. The van der Waals surface area contributed by atoms with Crippen molar-refractivity contribution in [1.82, 2.24) is 5.32 Å². The van der Waals surface area contributed by atoms with E-state index >= 15 is 0 Å². The zero-order chi connectivity index (χ0) is 15.2. The fraction of sp³-hybridized carbons (Fsp3) is 0.188. The molecule has 0 fully saturated rings. The highest BCUT2D eigenvalue weighted by Gasteiger charge is 2.07. The van der Waals surface area contributed by atoms with Crippen LogP contribution in [0.2, 0.25) is 5.02 Å². The van der Waals surface area contributed by atoms with Gasteiger partial charge in [0, 0.05) is 33.5 Å². The third kappa shape index (κ3) is 4.41.